The normalized spacial score (nSPS) is 17.8. The molecule has 0 saturated heterocycles. The predicted octanol–water partition coefficient (Wildman–Crippen LogP) is 2.75. The van der Waals surface area contributed by atoms with E-state index in [-0.39, 0.29) is 18.3 Å². The molecular weight excluding hydrogens is 248 g/mol. The maximum atomic E-state index is 12.1. The number of rotatable bonds is 2. The van der Waals surface area contributed by atoms with Gasteiger partial charge in [0.2, 0.25) is 0 Å². The van der Waals surface area contributed by atoms with Crippen molar-refractivity contribution >= 4 is 24.0 Å². The monoisotopic (exact) mass is 266 g/mol. The second-order valence-corrected chi connectivity index (χ2v) is 5.00. The van der Waals surface area contributed by atoms with Gasteiger partial charge in [0.1, 0.15) is 0 Å². The van der Waals surface area contributed by atoms with Gasteiger partial charge in [-0.1, -0.05) is 12.8 Å². The molecule has 18 heavy (non-hydrogen) atoms. The topological polar surface area (TPSA) is 41.1 Å². The number of hydrogen-bond acceptors (Lipinski definition) is 2. The quantitative estimate of drug-likeness (QED) is 0.864. The van der Waals surface area contributed by atoms with Crippen LogP contribution in [0.2, 0.25) is 0 Å². The Hall–Kier alpha value is -1.22. The largest absolute Gasteiger partial charge is 0.384 e. The van der Waals surface area contributed by atoms with Gasteiger partial charge in [0.05, 0.1) is 0 Å². The minimum Gasteiger partial charge on any atom is -0.384 e. The van der Waals surface area contributed by atoms with Crippen LogP contribution in [0.3, 0.4) is 0 Å². The number of benzene rings is 1. The highest BCUT2D eigenvalue weighted by molar-refractivity contribution is 5.95. The summed E-state index contributed by atoms with van der Waals surface area (Å²) in [7, 11) is 0. The van der Waals surface area contributed by atoms with E-state index in [1.165, 1.54) is 24.1 Å². The number of carbonyl (C=O) groups excluding carboxylic acids is 1. The number of amides is 1. The SMILES string of the molecule is Cl.O=C(NC1CCCC1)c1ccc2c(c1)CCN2. The summed E-state index contributed by atoms with van der Waals surface area (Å²) in [5.41, 5.74) is 3.26. The van der Waals surface area contributed by atoms with Crippen molar-refractivity contribution in [2.45, 2.75) is 38.1 Å². The molecule has 1 aromatic carbocycles. The minimum absolute atomic E-state index is 0. The molecule has 1 aromatic rings. The summed E-state index contributed by atoms with van der Waals surface area (Å²) in [5, 5.41) is 6.43. The average molecular weight is 267 g/mol. The van der Waals surface area contributed by atoms with Gasteiger partial charge in [0.25, 0.3) is 5.91 Å². The van der Waals surface area contributed by atoms with Gasteiger partial charge in [0.15, 0.2) is 0 Å². The van der Waals surface area contributed by atoms with Crippen molar-refractivity contribution in [3.63, 3.8) is 0 Å². The van der Waals surface area contributed by atoms with E-state index in [1.807, 2.05) is 18.2 Å². The fourth-order valence-electron chi connectivity index (χ4n) is 2.78. The number of halogens is 1. The lowest BCUT2D eigenvalue weighted by Crippen LogP contribution is -2.32. The molecule has 2 N–H and O–H groups in total. The molecule has 1 heterocycles. The molecule has 3 nitrogen and oxygen atoms in total. The van der Waals surface area contributed by atoms with Gasteiger partial charge in [-0.2, -0.15) is 0 Å². The molecule has 4 heteroatoms. The third-order valence-corrected chi connectivity index (χ3v) is 3.77. The van der Waals surface area contributed by atoms with Crippen molar-refractivity contribution in [3.05, 3.63) is 29.3 Å². The van der Waals surface area contributed by atoms with E-state index in [1.54, 1.807) is 0 Å². The molecule has 2 aliphatic rings. The third-order valence-electron chi connectivity index (χ3n) is 3.77. The molecule has 1 amide bonds. The van der Waals surface area contributed by atoms with Gasteiger partial charge in [-0.15, -0.1) is 12.4 Å². The number of fused-ring (bicyclic) bond motifs is 1. The summed E-state index contributed by atoms with van der Waals surface area (Å²) in [4.78, 5) is 12.1. The van der Waals surface area contributed by atoms with Crippen LogP contribution in [0.25, 0.3) is 0 Å². The van der Waals surface area contributed by atoms with Crippen LogP contribution in [0.1, 0.15) is 41.6 Å². The molecule has 0 spiro atoms. The highest BCUT2D eigenvalue weighted by atomic mass is 35.5. The Morgan fingerprint density at radius 1 is 1.28 bits per heavy atom. The average Bonchev–Trinajstić information content (AvgIpc) is 2.97. The molecule has 0 aromatic heterocycles. The maximum Gasteiger partial charge on any atom is 0.251 e. The number of anilines is 1. The molecule has 1 fully saturated rings. The van der Waals surface area contributed by atoms with Crippen LogP contribution in [0.5, 0.6) is 0 Å². The minimum atomic E-state index is 0. The van der Waals surface area contributed by atoms with Gasteiger partial charge in [0, 0.05) is 23.8 Å². The van der Waals surface area contributed by atoms with Crippen LogP contribution in [-0.4, -0.2) is 18.5 Å². The number of carbonyl (C=O) groups is 1. The van der Waals surface area contributed by atoms with E-state index < -0.39 is 0 Å². The summed E-state index contributed by atoms with van der Waals surface area (Å²) >= 11 is 0. The van der Waals surface area contributed by atoms with Crippen molar-refractivity contribution in [1.82, 2.24) is 5.32 Å². The smallest absolute Gasteiger partial charge is 0.251 e. The van der Waals surface area contributed by atoms with Crippen LogP contribution in [0.4, 0.5) is 5.69 Å². The Bertz CT molecular complexity index is 441. The van der Waals surface area contributed by atoms with Crippen LogP contribution >= 0.6 is 12.4 Å². The predicted molar refractivity (Wildman–Crippen MR) is 75.6 cm³/mol. The van der Waals surface area contributed by atoms with Gasteiger partial charge in [-0.25, -0.2) is 0 Å². The Labute approximate surface area is 114 Å². The van der Waals surface area contributed by atoms with Crippen molar-refractivity contribution < 1.29 is 4.79 Å². The molecule has 0 radical (unpaired) electrons. The van der Waals surface area contributed by atoms with Gasteiger partial charge < -0.3 is 10.6 Å². The maximum absolute atomic E-state index is 12.1. The molecule has 1 aliphatic heterocycles. The van der Waals surface area contributed by atoms with Gasteiger partial charge >= 0.3 is 0 Å². The molecular formula is C14H19ClN2O. The van der Waals surface area contributed by atoms with E-state index >= 15 is 0 Å². The first-order valence-electron chi connectivity index (χ1n) is 6.50. The highest BCUT2D eigenvalue weighted by Crippen LogP contribution is 2.23. The van der Waals surface area contributed by atoms with Gasteiger partial charge in [-0.05, 0) is 43.0 Å². The second kappa shape index (κ2) is 5.61. The summed E-state index contributed by atoms with van der Waals surface area (Å²) < 4.78 is 0. The van der Waals surface area contributed by atoms with E-state index in [4.69, 9.17) is 0 Å². The van der Waals surface area contributed by atoms with Gasteiger partial charge in [-0.3, -0.25) is 4.79 Å². The van der Waals surface area contributed by atoms with E-state index in [2.05, 4.69) is 10.6 Å². The molecule has 1 saturated carbocycles. The van der Waals surface area contributed by atoms with Crippen molar-refractivity contribution in [2.75, 3.05) is 11.9 Å². The molecule has 0 unspecified atom stereocenters. The zero-order valence-electron chi connectivity index (χ0n) is 10.4. The van der Waals surface area contributed by atoms with E-state index in [0.717, 1.165) is 31.4 Å². The molecule has 1 aliphatic carbocycles. The fraction of sp³-hybridized carbons (Fsp3) is 0.500. The first kappa shape index (κ1) is 13.2. The van der Waals surface area contributed by atoms with Crippen molar-refractivity contribution in [2.24, 2.45) is 0 Å². The Morgan fingerprint density at radius 2 is 2.06 bits per heavy atom. The van der Waals surface area contributed by atoms with Crippen molar-refractivity contribution in [1.29, 1.82) is 0 Å². The first-order chi connectivity index (χ1) is 8.33. The van der Waals surface area contributed by atoms with Crippen LogP contribution < -0.4 is 10.6 Å². The number of nitrogens with one attached hydrogen (secondary N) is 2. The lowest BCUT2D eigenvalue weighted by atomic mass is 10.1. The number of hydrogen-bond donors (Lipinski definition) is 2. The zero-order chi connectivity index (χ0) is 11.7. The highest BCUT2D eigenvalue weighted by Gasteiger charge is 2.19. The fourth-order valence-corrected chi connectivity index (χ4v) is 2.78. The Morgan fingerprint density at radius 3 is 2.83 bits per heavy atom. The second-order valence-electron chi connectivity index (χ2n) is 5.00. The Balaban J connectivity index is 0.00000120. The Kier molecular flexibility index (Phi) is 4.12. The van der Waals surface area contributed by atoms with Crippen LogP contribution in [0.15, 0.2) is 18.2 Å². The van der Waals surface area contributed by atoms with E-state index in [0.29, 0.717) is 6.04 Å². The lowest BCUT2D eigenvalue weighted by molar-refractivity contribution is 0.0938. The zero-order valence-corrected chi connectivity index (χ0v) is 11.2. The molecule has 0 atom stereocenters. The summed E-state index contributed by atoms with van der Waals surface area (Å²) in [6.07, 6.45) is 5.80. The van der Waals surface area contributed by atoms with Crippen LogP contribution in [-0.2, 0) is 6.42 Å². The summed E-state index contributed by atoms with van der Waals surface area (Å²) in [5.74, 6) is 0.0894. The molecule has 98 valence electrons. The van der Waals surface area contributed by atoms with Crippen LogP contribution in [0, 0.1) is 0 Å². The van der Waals surface area contributed by atoms with E-state index in [9.17, 15) is 4.79 Å². The molecule has 0 bridgehead atoms. The third kappa shape index (κ3) is 2.61. The standard InChI is InChI=1S/C14H18N2O.ClH/c17-14(16-12-3-1-2-4-12)11-5-6-13-10(9-11)7-8-15-13;/h5-6,9,12,15H,1-4,7-8H2,(H,16,17);1H. The lowest BCUT2D eigenvalue weighted by Gasteiger charge is -2.12. The molecule has 3 rings (SSSR count). The summed E-state index contributed by atoms with van der Waals surface area (Å²) in [6, 6.07) is 6.36. The first-order valence-corrected chi connectivity index (χ1v) is 6.50. The summed E-state index contributed by atoms with van der Waals surface area (Å²) in [6.45, 7) is 0.989. The van der Waals surface area contributed by atoms with Crippen molar-refractivity contribution in [3.8, 4) is 0 Å².